The Bertz CT molecular complexity index is 1130. The minimum absolute atomic E-state index is 0.0299. The fourth-order valence-electron chi connectivity index (χ4n) is 3.97. The third-order valence-electron chi connectivity index (χ3n) is 5.72. The fourth-order valence-corrected chi connectivity index (χ4v) is 3.97. The van der Waals surface area contributed by atoms with E-state index >= 15 is 0 Å². The molecule has 0 radical (unpaired) electrons. The van der Waals surface area contributed by atoms with Gasteiger partial charge >= 0.3 is 12.2 Å². The Labute approximate surface area is 205 Å². The van der Waals surface area contributed by atoms with Crippen molar-refractivity contribution >= 4 is 35.4 Å². The molecule has 0 saturated carbocycles. The van der Waals surface area contributed by atoms with Crippen molar-refractivity contribution in [3.8, 4) is 11.1 Å². The van der Waals surface area contributed by atoms with Gasteiger partial charge in [-0.15, -0.1) is 0 Å². The predicted molar refractivity (Wildman–Crippen MR) is 124 cm³/mol. The second kappa shape index (κ2) is 10.2. The number of nitrogens with zero attached hydrogens (tertiary/aromatic N) is 2. The Kier molecular flexibility index (Phi) is 7.04. The van der Waals surface area contributed by atoms with Crippen LogP contribution in [0.15, 0.2) is 36.4 Å². The van der Waals surface area contributed by atoms with E-state index in [9.17, 15) is 28.0 Å². The lowest BCUT2D eigenvalue weighted by molar-refractivity contribution is -0.120. The number of cyclic esters (lactones) is 2. The zero-order valence-corrected chi connectivity index (χ0v) is 19.5. The first-order valence-electron chi connectivity index (χ1n) is 11.2. The summed E-state index contributed by atoms with van der Waals surface area (Å²) in [4.78, 5) is 49.0. The topological polar surface area (TPSA) is 117 Å². The standard InChI is InChI=1S/C24H24F2N4O6/c1-13(31)27-9-17-11-29(23(33)35-17)15-3-5-19(21(25)7-15)20-6-4-16(8-22(20)26)30-12-18(36-24(30)34)10-28-14(2)32/h3-8,17-18H,9-12H2,1-2H3,(H,27,31)(H,28,32). The summed E-state index contributed by atoms with van der Waals surface area (Å²) in [6.45, 7) is 3.19. The summed E-state index contributed by atoms with van der Waals surface area (Å²) in [6, 6.07) is 7.86. The summed E-state index contributed by atoms with van der Waals surface area (Å²) in [5, 5.41) is 5.12. The highest BCUT2D eigenvalue weighted by Gasteiger charge is 2.34. The Balaban J connectivity index is 1.48. The van der Waals surface area contributed by atoms with Gasteiger partial charge in [0.05, 0.1) is 37.6 Å². The summed E-state index contributed by atoms with van der Waals surface area (Å²) in [6.07, 6.45) is -2.52. The maximum atomic E-state index is 15.0. The van der Waals surface area contributed by atoms with E-state index < -0.39 is 36.0 Å². The van der Waals surface area contributed by atoms with Crippen LogP contribution in [0.5, 0.6) is 0 Å². The Morgan fingerprint density at radius 1 is 0.806 bits per heavy atom. The largest absolute Gasteiger partial charge is 0.442 e. The van der Waals surface area contributed by atoms with Crippen LogP contribution in [0.4, 0.5) is 29.7 Å². The maximum Gasteiger partial charge on any atom is 0.414 e. The molecule has 2 fully saturated rings. The van der Waals surface area contributed by atoms with Gasteiger partial charge in [-0.05, 0) is 36.4 Å². The number of rotatable bonds is 7. The van der Waals surface area contributed by atoms with E-state index in [1.807, 2.05) is 0 Å². The van der Waals surface area contributed by atoms with Gasteiger partial charge in [-0.2, -0.15) is 0 Å². The molecule has 190 valence electrons. The van der Waals surface area contributed by atoms with Crippen LogP contribution in [0.3, 0.4) is 0 Å². The van der Waals surface area contributed by atoms with E-state index in [2.05, 4.69) is 10.6 Å². The molecule has 36 heavy (non-hydrogen) atoms. The second-order valence-corrected chi connectivity index (χ2v) is 8.44. The van der Waals surface area contributed by atoms with Gasteiger partial charge in [-0.25, -0.2) is 18.4 Å². The third kappa shape index (κ3) is 5.37. The first-order chi connectivity index (χ1) is 17.1. The molecule has 2 aromatic carbocycles. The lowest BCUT2D eigenvalue weighted by Crippen LogP contribution is -2.33. The van der Waals surface area contributed by atoms with Gasteiger partial charge < -0.3 is 20.1 Å². The highest BCUT2D eigenvalue weighted by Crippen LogP contribution is 2.33. The zero-order chi connectivity index (χ0) is 26.0. The molecule has 0 spiro atoms. The molecule has 2 unspecified atom stereocenters. The first-order valence-corrected chi connectivity index (χ1v) is 11.2. The van der Waals surface area contributed by atoms with Crippen LogP contribution in [0.2, 0.25) is 0 Å². The Morgan fingerprint density at radius 3 is 1.53 bits per heavy atom. The van der Waals surface area contributed by atoms with E-state index in [1.54, 1.807) is 0 Å². The molecule has 12 heteroatoms. The number of nitrogens with one attached hydrogen (secondary N) is 2. The van der Waals surface area contributed by atoms with Crippen molar-refractivity contribution in [1.82, 2.24) is 10.6 Å². The summed E-state index contributed by atoms with van der Waals surface area (Å²) >= 11 is 0. The SMILES string of the molecule is CC(=O)NCC1CN(c2ccc(-c3ccc(N4CC(CNC(C)=O)OC4=O)cc3F)c(F)c2)C(=O)O1. The molecule has 2 aromatic rings. The number of amides is 4. The van der Waals surface area contributed by atoms with Gasteiger partial charge in [-0.1, -0.05) is 0 Å². The summed E-state index contributed by atoms with van der Waals surface area (Å²) < 4.78 is 40.4. The number of anilines is 2. The number of carbonyl (C=O) groups is 4. The van der Waals surface area contributed by atoms with Crippen LogP contribution in [0.1, 0.15) is 13.8 Å². The van der Waals surface area contributed by atoms with Crippen molar-refractivity contribution < 1.29 is 37.4 Å². The van der Waals surface area contributed by atoms with Crippen molar-refractivity contribution in [3.05, 3.63) is 48.0 Å². The smallest absolute Gasteiger partial charge is 0.414 e. The molecule has 4 amide bonds. The van der Waals surface area contributed by atoms with Crippen LogP contribution in [0.25, 0.3) is 11.1 Å². The van der Waals surface area contributed by atoms with Crippen molar-refractivity contribution in [2.45, 2.75) is 26.1 Å². The van der Waals surface area contributed by atoms with Gasteiger partial charge in [0.25, 0.3) is 0 Å². The fraction of sp³-hybridized carbons (Fsp3) is 0.333. The minimum atomic E-state index is -0.756. The number of hydrogen-bond donors (Lipinski definition) is 2. The van der Waals surface area contributed by atoms with Gasteiger partial charge in [0, 0.05) is 25.0 Å². The quantitative estimate of drug-likeness (QED) is 0.601. The van der Waals surface area contributed by atoms with E-state index in [0.717, 1.165) is 12.1 Å². The molecule has 0 aliphatic carbocycles. The average molecular weight is 502 g/mol. The Morgan fingerprint density at radius 2 is 1.19 bits per heavy atom. The molecule has 4 rings (SSSR count). The first kappa shape index (κ1) is 24.9. The molecular formula is C24H24F2N4O6. The molecule has 10 nitrogen and oxygen atoms in total. The van der Waals surface area contributed by atoms with Crippen molar-refractivity contribution in [3.63, 3.8) is 0 Å². The second-order valence-electron chi connectivity index (χ2n) is 8.44. The van der Waals surface area contributed by atoms with Gasteiger partial charge in [0.15, 0.2) is 0 Å². The van der Waals surface area contributed by atoms with Gasteiger partial charge in [0.2, 0.25) is 11.8 Å². The van der Waals surface area contributed by atoms with Crippen LogP contribution < -0.4 is 20.4 Å². The number of hydrogen-bond acceptors (Lipinski definition) is 6. The molecule has 2 atom stereocenters. The summed E-state index contributed by atoms with van der Waals surface area (Å²) in [7, 11) is 0. The monoisotopic (exact) mass is 502 g/mol. The number of halogens is 2. The maximum absolute atomic E-state index is 15.0. The highest BCUT2D eigenvalue weighted by molar-refractivity contribution is 5.91. The average Bonchev–Trinajstić information content (AvgIpc) is 3.38. The van der Waals surface area contributed by atoms with E-state index in [4.69, 9.17) is 9.47 Å². The van der Waals surface area contributed by atoms with E-state index in [-0.39, 0.29) is 60.5 Å². The van der Waals surface area contributed by atoms with Crippen LogP contribution in [0, 0.1) is 11.6 Å². The lowest BCUT2D eigenvalue weighted by Gasteiger charge is -2.16. The third-order valence-corrected chi connectivity index (χ3v) is 5.72. The molecule has 2 heterocycles. The minimum Gasteiger partial charge on any atom is -0.442 e. The summed E-state index contributed by atoms with van der Waals surface area (Å²) in [5.41, 5.74) is 0.401. The van der Waals surface area contributed by atoms with E-state index in [0.29, 0.717) is 0 Å². The zero-order valence-electron chi connectivity index (χ0n) is 19.5. The number of ether oxygens (including phenoxy) is 2. The van der Waals surface area contributed by atoms with Crippen molar-refractivity contribution in [1.29, 1.82) is 0 Å². The molecule has 2 N–H and O–H groups in total. The van der Waals surface area contributed by atoms with Crippen LogP contribution in [-0.4, -0.2) is 62.4 Å². The summed E-state index contributed by atoms with van der Waals surface area (Å²) in [5.74, 6) is -2.04. The van der Waals surface area contributed by atoms with Gasteiger partial charge in [-0.3, -0.25) is 19.4 Å². The van der Waals surface area contributed by atoms with Crippen molar-refractivity contribution in [2.24, 2.45) is 0 Å². The molecule has 2 aliphatic heterocycles. The number of benzene rings is 2. The molecule has 0 aromatic heterocycles. The van der Waals surface area contributed by atoms with Gasteiger partial charge in [0.1, 0.15) is 23.8 Å². The highest BCUT2D eigenvalue weighted by atomic mass is 19.1. The number of carbonyl (C=O) groups excluding carboxylic acids is 4. The Hall–Kier alpha value is -4.22. The molecular weight excluding hydrogens is 478 g/mol. The van der Waals surface area contributed by atoms with E-state index in [1.165, 1.54) is 47.9 Å². The molecule has 0 bridgehead atoms. The van der Waals surface area contributed by atoms with Crippen LogP contribution >= 0.6 is 0 Å². The normalized spacial score (nSPS) is 19.2. The molecule has 2 saturated heterocycles. The molecule has 2 aliphatic rings. The van der Waals surface area contributed by atoms with Crippen molar-refractivity contribution in [2.75, 3.05) is 36.0 Å². The van der Waals surface area contributed by atoms with Crippen LogP contribution in [-0.2, 0) is 19.1 Å². The predicted octanol–water partition coefficient (Wildman–Crippen LogP) is 2.55. The lowest BCUT2D eigenvalue weighted by atomic mass is 10.0.